The molecule has 68 valence electrons. The van der Waals surface area contributed by atoms with Crippen molar-refractivity contribution in [2.24, 2.45) is 5.84 Å². The molecular formula is C7H6BrN3OS. The molecule has 2 rings (SSSR count). The summed E-state index contributed by atoms with van der Waals surface area (Å²) in [6.45, 7) is 0. The largest absolute Gasteiger partial charge is 0.350 e. The summed E-state index contributed by atoms with van der Waals surface area (Å²) >= 11 is 4.92. The molecule has 1 amide bonds. The van der Waals surface area contributed by atoms with E-state index in [0.717, 1.165) is 14.0 Å². The van der Waals surface area contributed by atoms with Crippen molar-refractivity contribution in [1.82, 2.24) is 10.4 Å². The summed E-state index contributed by atoms with van der Waals surface area (Å²) in [6, 6.07) is 3.69. The van der Waals surface area contributed by atoms with Crippen LogP contribution in [-0.4, -0.2) is 10.9 Å². The van der Waals surface area contributed by atoms with Crippen LogP contribution in [0.15, 0.2) is 15.9 Å². The third-order valence-corrected chi connectivity index (χ3v) is 3.24. The Morgan fingerprint density at radius 3 is 3.00 bits per heavy atom. The molecule has 0 fully saturated rings. The molecule has 2 aromatic rings. The first-order valence-corrected chi connectivity index (χ1v) is 5.10. The van der Waals surface area contributed by atoms with Crippen LogP contribution in [0.25, 0.3) is 10.2 Å². The van der Waals surface area contributed by atoms with Crippen molar-refractivity contribution in [3.8, 4) is 0 Å². The maximum Gasteiger partial charge on any atom is 0.281 e. The van der Waals surface area contributed by atoms with Crippen molar-refractivity contribution < 1.29 is 4.79 Å². The van der Waals surface area contributed by atoms with Gasteiger partial charge in [0.05, 0.1) is 14.0 Å². The van der Waals surface area contributed by atoms with E-state index in [-0.39, 0.29) is 5.91 Å². The third kappa shape index (κ3) is 1.48. The number of hydrogen-bond acceptors (Lipinski definition) is 3. The first-order valence-electron chi connectivity index (χ1n) is 3.49. The Hall–Kier alpha value is -0.850. The van der Waals surface area contributed by atoms with Gasteiger partial charge in [-0.3, -0.25) is 10.2 Å². The number of rotatable bonds is 1. The molecule has 13 heavy (non-hydrogen) atoms. The highest BCUT2D eigenvalue weighted by Crippen LogP contribution is 2.29. The van der Waals surface area contributed by atoms with Gasteiger partial charge in [-0.25, -0.2) is 5.84 Å². The van der Waals surface area contributed by atoms with Gasteiger partial charge in [0.1, 0.15) is 5.69 Å². The monoisotopic (exact) mass is 259 g/mol. The minimum atomic E-state index is -0.306. The Bertz CT molecular complexity index is 430. The molecule has 0 saturated heterocycles. The van der Waals surface area contributed by atoms with Crippen LogP contribution >= 0.6 is 27.3 Å². The molecule has 0 aromatic carbocycles. The number of thiophene rings is 1. The van der Waals surface area contributed by atoms with E-state index in [0.29, 0.717) is 5.69 Å². The van der Waals surface area contributed by atoms with Crippen molar-refractivity contribution in [1.29, 1.82) is 0 Å². The second-order valence-electron chi connectivity index (χ2n) is 2.48. The number of hydrogen-bond donors (Lipinski definition) is 3. The molecule has 0 saturated carbocycles. The van der Waals surface area contributed by atoms with Gasteiger partial charge in [0.15, 0.2) is 0 Å². The summed E-state index contributed by atoms with van der Waals surface area (Å²) in [4.78, 5) is 14.0. The zero-order valence-corrected chi connectivity index (χ0v) is 8.83. The van der Waals surface area contributed by atoms with Gasteiger partial charge in [0, 0.05) is 0 Å². The molecule has 0 aliphatic rings. The van der Waals surface area contributed by atoms with Crippen LogP contribution in [0.4, 0.5) is 0 Å². The second-order valence-corrected chi connectivity index (χ2v) is 4.95. The number of aromatic amines is 1. The molecule has 0 spiro atoms. The van der Waals surface area contributed by atoms with Crippen molar-refractivity contribution in [2.75, 3.05) is 0 Å². The van der Waals surface area contributed by atoms with Crippen molar-refractivity contribution in [2.45, 2.75) is 0 Å². The summed E-state index contributed by atoms with van der Waals surface area (Å²) < 4.78 is 2.07. The number of nitrogens with one attached hydrogen (secondary N) is 2. The summed E-state index contributed by atoms with van der Waals surface area (Å²) in [5.74, 6) is 4.69. The zero-order valence-electron chi connectivity index (χ0n) is 6.43. The lowest BCUT2D eigenvalue weighted by molar-refractivity contribution is 0.0949. The number of carbonyl (C=O) groups excluding carboxylic acids is 1. The number of nitrogen functional groups attached to an aromatic ring is 1. The van der Waals surface area contributed by atoms with Gasteiger partial charge in [-0.2, -0.15) is 0 Å². The molecule has 6 heteroatoms. The van der Waals surface area contributed by atoms with Crippen LogP contribution in [0, 0.1) is 0 Å². The summed E-state index contributed by atoms with van der Waals surface area (Å²) in [7, 11) is 0. The molecule has 0 aliphatic carbocycles. The Morgan fingerprint density at radius 1 is 1.62 bits per heavy atom. The topological polar surface area (TPSA) is 70.9 Å². The third-order valence-electron chi connectivity index (χ3n) is 1.65. The van der Waals surface area contributed by atoms with Crippen LogP contribution in [0.5, 0.6) is 0 Å². The normalized spacial score (nSPS) is 10.6. The first kappa shape index (κ1) is 8.74. The zero-order chi connectivity index (χ0) is 9.42. The Morgan fingerprint density at radius 2 is 2.38 bits per heavy atom. The number of fused-ring (bicyclic) bond motifs is 1. The fraction of sp³-hybridized carbons (Fsp3) is 0. The van der Waals surface area contributed by atoms with E-state index >= 15 is 0 Å². The second kappa shape index (κ2) is 3.13. The lowest BCUT2D eigenvalue weighted by atomic mass is 10.4. The predicted octanol–water partition coefficient (Wildman–Crippen LogP) is 1.60. The lowest BCUT2D eigenvalue weighted by Crippen LogP contribution is -2.30. The average molecular weight is 260 g/mol. The number of carbonyl (C=O) groups is 1. The molecule has 0 unspecified atom stereocenters. The van der Waals surface area contributed by atoms with E-state index in [1.807, 2.05) is 6.07 Å². The molecule has 4 nitrogen and oxygen atoms in total. The van der Waals surface area contributed by atoms with Gasteiger partial charge in [0.25, 0.3) is 5.91 Å². The summed E-state index contributed by atoms with van der Waals surface area (Å²) in [6.07, 6.45) is 0. The molecule has 0 aliphatic heterocycles. The van der Waals surface area contributed by atoms with E-state index in [1.54, 1.807) is 17.4 Å². The summed E-state index contributed by atoms with van der Waals surface area (Å²) in [5.41, 5.74) is 3.49. The minimum absolute atomic E-state index is 0.306. The Labute approximate surface area is 86.2 Å². The van der Waals surface area contributed by atoms with E-state index in [1.165, 1.54) is 0 Å². The summed E-state index contributed by atoms with van der Waals surface area (Å²) in [5, 5.41) is 0. The lowest BCUT2D eigenvalue weighted by Gasteiger charge is -1.92. The van der Waals surface area contributed by atoms with Gasteiger partial charge >= 0.3 is 0 Å². The number of amides is 1. The quantitative estimate of drug-likeness (QED) is 0.414. The van der Waals surface area contributed by atoms with Gasteiger partial charge in [0.2, 0.25) is 0 Å². The van der Waals surface area contributed by atoms with E-state index < -0.39 is 0 Å². The predicted molar refractivity (Wildman–Crippen MR) is 55.5 cm³/mol. The molecular weight excluding hydrogens is 254 g/mol. The average Bonchev–Trinajstić information content (AvgIpc) is 2.59. The van der Waals surface area contributed by atoms with Crippen LogP contribution in [0.1, 0.15) is 10.5 Å². The van der Waals surface area contributed by atoms with Crippen LogP contribution in [0.3, 0.4) is 0 Å². The molecule has 0 radical (unpaired) electrons. The molecule has 4 N–H and O–H groups in total. The van der Waals surface area contributed by atoms with Gasteiger partial charge < -0.3 is 4.98 Å². The number of aromatic nitrogens is 1. The fourth-order valence-electron chi connectivity index (χ4n) is 1.09. The Balaban J connectivity index is 2.51. The van der Waals surface area contributed by atoms with E-state index in [2.05, 4.69) is 26.3 Å². The number of hydrazine groups is 1. The van der Waals surface area contributed by atoms with Crippen molar-refractivity contribution >= 4 is 43.4 Å². The van der Waals surface area contributed by atoms with Crippen molar-refractivity contribution in [3.63, 3.8) is 0 Å². The molecule has 0 atom stereocenters. The first-order chi connectivity index (χ1) is 6.20. The maximum atomic E-state index is 11.1. The van der Waals surface area contributed by atoms with Crippen molar-refractivity contribution in [3.05, 3.63) is 21.6 Å². The van der Waals surface area contributed by atoms with Crippen LogP contribution in [-0.2, 0) is 0 Å². The molecule has 2 aromatic heterocycles. The molecule has 0 bridgehead atoms. The van der Waals surface area contributed by atoms with Gasteiger partial charge in [-0.15, -0.1) is 11.3 Å². The van der Waals surface area contributed by atoms with Crippen LogP contribution in [0.2, 0.25) is 0 Å². The van der Waals surface area contributed by atoms with E-state index in [4.69, 9.17) is 5.84 Å². The standard InChI is InChI=1S/C7H6BrN3OS/c8-6-2-3-5(13-6)1-4(10-3)7(12)11-9/h1-2,10H,9H2,(H,11,12). The van der Waals surface area contributed by atoms with Gasteiger partial charge in [-0.1, -0.05) is 0 Å². The Kier molecular flexibility index (Phi) is 2.10. The fourth-order valence-corrected chi connectivity index (χ4v) is 2.63. The number of H-pyrrole nitrogens is 1. The highest BCUT2D eigenvalue weighted by atomic mass is 79.9. The molecule has 2 heterocycles. The number of halogens is 1. The maximum absolute atomic E-state index is 11.1. The highest BCUT2D eigenvalue weighted by Gasteiger charge is 2.09. The SMILES string of the molecule is NNC(=O)c1cc2sc(Br)cc2[nH]1. The van der Waals surface area contributed by atoms with Crippen LogP contribution < -0.4 is 11.3 Å². The highest BCUT2D eigenvalue weighted by molar-refractivity contribution is 9.11. The smallest absolute Gasteiger partial charge is 0.281 e. The van der Waals surface area contributed by atoms with Gasteiger partial charge in [-0.05, 0) is 28.1 Å². The minimum Gasteiger partial charge on any atom is -0.350 e. The number of nitrogens with two attached hydrogens (primary N) is 1. The van der Waals surface area contributed by atoms with E-state index in [9.17, 15) is 4.79 Å².